The van der Waals surface area contributed by atoms with Crippen LogP contribution in [-0.4, -0.2) is 16.8 Å². The van der Waals surface area contributed by atoms with Gasteiger partial charge in [0.25, 0.3) is 5.91 Å². The third-order valence-electron chi connectivity index (χ3n) is 4.55. The maximum Gasteiger partial charge on any atom is 0.257 e. The number of amides is 2. The number of aromatic nitrogens is 1. The van der Waals surface area contributed by atoms with Gasteiger partial charge in [-0.1, -0.05) is 31.4 Å². The Morgan fingerprint density at radius 3 is 2.68 bits per heavy atom. The zero-order valence-corrected chi connectivity index (χ0v) is 14.2. The van der Waals surface area contributed by atoms with E-state index in [9.17, 15) is 9.59 Å². The van der Waals surface area contributed by atoms with Gasteiger partial charge >= 0.3 is 0 Å². The number of hydrogen-bond acceptors (Lipinski definition) is 3. The molecular weight excluding hydrogens is 314 g/mol. The Bertz CT molecular complexity index is 725. The molecular formula is C20H23N3O2. The van der Waals surface area contributed by atoms with Crippen molar-refractivity contribution in [1.29, 1.82) is 0 Å². The van der Waals surface area contributed by atoms with Crippen molar-refractivity contribution in [1.82, 2.24) is 10.3 Å². The minimum Gasteiger partial charge on any atom is -0.352 e. The van der Waals surface area contributed by atoms with Crippen LogP contribution in [0, 0.1) is 5.92 Å². The molecule has 1 fully saturated rings. The predicted octanol–water partition coefficient (Wildman–Crippen LogP) is 3.53. The summed E-state index contributed by atoms with van der Waals surface area (Å²) < 4.78 is 0. The van der Waals surface area contributed by atoms with Crippen LogP contribution in [0.2, 0.25) is 0 Å². The zero-order chi connectivity index (χ0) is 17.5. The smallest absolute Gasteiger partial charge is 0.257 e. The number of hydrogen-bond donors (Lipinski definition) is 2. The van der Waals surface area contributed by atoms with Crippen LogP contribution in [0.3, 0.4) is 0 Å². The maximum absolute atomic E-state index is 12.2. The first kappa shape index (κ1) is 17.1. The van der Waals surface area contributed by atoms with E-state index in [1.165, 1.54) is 12.6 Å². The second kappa shape index (κ2) is 8.42. The topological polar surface area (TPSA) is 71.1 Å². The molecule has 0 bridgehead atoms. The molecule has 0 saturated heterocycles. The van der Waals surface area contributed by atoms with Crippen molar-refractivity contribution in [3.8, 4) is 0 Å². The van der Waals surface area contributed by atoms with Gasteiger partial charge in [0.1, 0.15) is 0 Å². The molecule has 1 aromatic heterocycles. The normalized spacial score (nSPS) is 14.7. The predicted molar refractivity (Wildman–Crippen MR) is 97.1 cm³/mol. The van der Waals surface area contributed by atoms with Gasteiger partial charge in [-0.25, -0.2) is 0 Å². The van der Waals surface area contributed by atoms with E-state index in [0.717, 1.165) is 31.2 Å². The molecule has 25 heavy (non-hydrogen) atoms. The number of anilines is 1. The van der Waals surface area contributed by atoms with Crippen LogP contribution >= 0.6 is 0 Å². The molecule has 1 aliphatic carbocycles. The Hall–Kier alpha value is -2.69. The Labute approximate surface area is 147 Å². The number of carbonyl (C=O) groups is 2. The Morgan fingerprint density at radius 2 is 1.92 bits per heavy atom. The minimum absolute atomic E-state index is 0.143. The molecule has 130 valence electrons. The molecule has 1 heterocycles. The second-order valence-electron chi connectivity index (χ2n) is 6.45. The van der Waals surface area contributed by atoms with Crippen LogP contribution in [0.4, 0.5) is 5.69 Å². The molecule has 1 aromatic carbocycles. The number of rotatable bonds is 5. The standard InChI is InChI=1S/C20H23N3O2/c24-19(16-7-2-1-3-8-16)22-13-15-6-4-10-18(12-15)23-20(25)17-9-5-11-21-14-17/h4-6,9-12,14,16H,1-3,7-8,13H2,(H,22,24)(H,23,25). The lowest BCUT2D eigenvalue weighted by atomic mass is 9.88. The van der Waals surface area contributed by atoms with Crippen molar-refractivity contribution >= 4 is 17.5 Å². The number of nitrogens with zero attached hydrogens (tertiary/aromatic N) is 1. The van der Waals surface area contributed by atoms with Gasteiger partial charge in [0, 0.05) is 30.5 Å². The highest BCUT2D eigenvalue weighted by molar-refractivity contribution is 6.04. The highest BCUT2D eigenvalue weighted by Gasteiger charge is 2.20. The first-order valence-corrected chi connectivity index (χ1v) is 8.80. The summed E-state index contributed by atoms with van der Waals surface area (Å²) in [7, 11) is 0. The van der Waals surface area contributed by atoms with Gasteiger partial charge in [-0.3, -0.25) is 14.6 Å². The monoisotopic (exact) mass is 337 g/mol. The summed E-state index contributed by atoms with van der Waals surface area (Å²) >= 11 is 0. The summed E-state index contributed by atoms with van der Waals surface area (Å²) in [6.07, 6.45) is 8.68. The van der Waals surface area contributed by atoms with E-state index >= 15 is 0 Å². The molecule has 2 N–H and O–H groups in total. The highest BCUT2D eigenvalue weighted by atomic mass is 16.2. The van der Waals surface area contributed by atoms with Crippen molar-refractivity contribution in [2.75, 3.05) is 5.32 Å². The lowest BCUT2D eigenvalue weighted by molar-refractivity contribution is -0.126. The molecule has 3 rings (SSSR count). The summed E-state index contributed by atoms with van der Waals surface area (Å²) in [6, 6.07) is 11.0. The van der Waals surface area contributed by atoms with E-state index in [4.69, 9.17) is 0 Å². The molecule has 1 aliphatic rings. The molecule has 5 nitrogen and oxygen atoms in total. The van der Waals surface area contributed by atoms with Gasteiger partial charge in [0.15, 0.2) is 0 Å². The second-order valence-corrected chi connectivity index (χ2v) is 6.45. The number of carbonyl (C=O) groups excluding carboxylic acids is 2. The van der Waals surface area contributed by atoms with Crippen LogP contribution in [0.15, 0.2) is 48.8 Å². The van der Waals surface area contributed by atoms with E-state index in [1.54, 1.807) is 18.3 Å². The number of benzene rings is 1. The van der Waals surface area contributed by atoms with Crippen LogP contribution in [0.1, 0.15) is 48.0 Å². The average molecular weight is 337 g/mol. The van der Waals surface area contributed by atoms with Gasteiger partial charge < -0.3 is 10.6 Å². The first-order chi connectivity index (χ1) is 12.2. The summed E-state index contributed by atoms with van der Waals surface area (Å²) in [5, 5.41) is 5.88. The Kier molecular flexibility index (Phi) is 5.77. The quantitative estimate of drug-likeness (QED) is 0.877. The van der Waals surface area contributed by atoms with Crippen LogP contribution in [0.5, 0.6) is 0 Å². The lowest BCUT2D eigenvalue weighted by Crippen LogP contribution is -2.31. The van der Waals surface area contributed by atoms with Gasteiger partial charge in [-0.15, -0.1) is 0 Å². The molecule has 1 saturated carbocycles. The molecule has 5 heteroatoms. The van der Waals surface area contributed by atoms with Crippen LogP contribution in [0.25, 0.3) is 0 Å². The third kappa shape index (κ3) is 4.89. The molecule has 2 amide bonds. The van der Waals surface area contributed by atoms with E-state index < -0.39 is 0 Å². The van der Waals surface area contributed by atoms with Crippen LogP contribution < -0.4 is 10.6 Å². The molecule has 2 aromatic rings. The summed E-state index contributed by atoms with van der Waals surface area (Å²) in [6.45, 7) is 0.478. The summed E-state index contributed by atoms with van der Waals surface area (Å²) in [5.41, 5.74) is 2.19. The number of pyridine rings is 1. The largest absolute Gasteiger partial charge is 0.352 e. The van der Waals surface area contributed by atoms with Gasteiger partial charge in [0.05, 0.1) is 5.56 Å². The van der Waals surface area contributed by atoms with Crippen molar-refractivity contribution in [3.63, 3.8) is 0 Å². The molecule has 0 unspecified atom stereocenters. The fraction of sp³-hybridized carbons (Fsp3) is 0.350. The van der Waals surface area contributed by atoms with E-state index in [-0.39, 0.29) is 17.7 Å². The zero-order valence-electron chi connectivity index (χ0n) is 14.2. The van der Waals surface area contributed by atoms with Crippen LogP contribution in [-0.2, 0) is 11.3 Å². The van der Waals surface area contributed by atoms with Gasteiger partial charge in [-0.2, -0.15) is 0 Å². The third-order valence-corrected chi connectivity index (χ3v) is 4.55. The summed E-state index contributed by atoms with van der Waals surface area (Å²) in [4.78, 5) is 28.4. The molecule has 0 spiro atoms. The minimum atomic E-state index is -0.198. The van der Waals surface area contributed by atoms with Gasteiger partial charge in [0.2, 0.25) is 5.91 Å². The molecule has 0 aliphatic heterocycles. The lowest BCUT2D eigenvalue weighted by Gasteiger charge is -2.20. The van der Waals surface area contributed by atoms with Crippen molar-refractivity contribution in [3.05, 3.63) is 59.9 Å². The van der Waals surface area contributed by atoms with Gasteiger partial charge in [-0.05, 0) is 42.7 Å². The first-order valence-electron chi connectivity index (χ1n) is 8.80. The fourth-order valence-corrected chi connectivity index (χ4v) is 3.16. The van der Waals surface area contributed by atoms with E-state index in [0.29, 0.717) is 17.8 Å². The Balaban J connectivity index is 1.56. The van der Waals surface area contributed by atoms with Crippen molar-refractivity contribution in [2.45, 2.75) is 38.6 Å². The average Bonchev–Trinajstić information content (AvgIpc) is 2.68. The summed E-state index contributed by atoms with van der Waals surface area (Å²) in [5.74, 6) is 0.100. The van der Waals surface area contributed by atoms with Crippen molar-refractivity contribution < 1.29 is 9.59 Å². The van der Waals surface area contributed by atoms with E-state index in [2.05, 4.69) is 15.6 Å². The highest BCUT2D eigenvalue weighted by Crippen LogP contribution is 2.23. The number of nitrogens with one attached hydrogen (secondary N) is 2. The molecule has 0 atom stereocenters. The molecule has 0 radical (unpaired) electrons. The van der Waals surface area contributed by atoms with E-state index in [1.807, 2.05) is 24.3 Å². The SMILES string of the molecule is O=C(Nc1cccc(CNC(=O)C2CCCCC2)c1)c1cccnc1. The maximum atomic E-state index is 12.2. The fourth-order valence-electron chi connectivity index (χ4n) is 3.16. The Morgan fingerprint density at radius 1 is 1.08 bits per heavy atom. The van der Waals surface area contributed by atoms with Crippen molar-refractivity contribution in [2.24, 2.45) is 5.92 Å².